The van der Waals surface area contributed by atoms with Crippen molar-refractivity contribution >= 4 is 0 Å². The second kappa shape index (κ2) is 6.88. The van der Waals surface area contributed by atoms with Gasteiger partial charge in [0.25, 0.3) is 0 Å². The van der Waals surface area contributed by atoms with Crippen molar-refractivity contribution in [3.8, 4) is 0 Å². The van der Waals surface area contributed by atoms with Gasteiger partial charge < -0.3 is 5.32 Å². The summed E-state index contributed by atoms with van der Waals surface area (Å²) in [6.45, 7) is 14.5. The monoisotopic (exact) mass is 253 g/mol. The molecule has 0 radical (unpaired) electrons. The van der Waals surface area contributed by atoms with Crippen LogP contribution in [0.15, 0.2) is 0 Å². The van der Waals surface area contributed by atoms with Gasteiger partial charge in [-0.05, 0) is 58.7 Å². The molecule has 0 aliphatic carbocycles. The van der Waals surface area contributed by atoms with Crippen LogP contribution in [0.25, 0.3) is 0 Å². The highest BCUT2D eigenvalue weighted by Gasteiger charge is 2.29. The summed E-state index contributed by atoms with van der Waals surface area (Å²) in [6.07, 6.45) is 4.15. The van der Waals surface area contributed by atoms with Crippen LogP contribution in [-0.4, -0.2) is 61.2 Å². The first-order chi connectivity index (χ1) is 8.70. The number of piperidine rings is 1. The van der Waals surface area contributed by atoms with Crippen LogP contribution in [0.5, 0.6) is 0 Å². The van der Waals surface area contributed by atoms with Gasteiger partial charge in [0, 0.05) is 31.7 Å². The van der Waals surface area contributed by atoms with Gasteiger partial charge in [0.1, 0.15) is 0 Å². The predicted molar refractivity (Wildman–Crippen MR) is 78.0 cm³/mol. The molecule has 1 N–H and O–H groups in total. The van der Waals surface area contributed by atoms with E-state index in [1.807, 2.05) is 0 Å². The van der Waals surface area contributed by atoms with Crippen molar-refractivity contribution in [1.29, 1.82) is 0 Å². The van der Waals surface area contributed by atoms with Gasteiger partial charge in [-0.3, -0.25) is 9.80 Å². The van der Waals surface area contributed by atoms with Crippen molar-refractivity contribution < 1.29 is 0 Å². The van der Waals surface area contributed by atoms with Gasteiger partial charge in [0.05, 0.1) is 0 Å². The highest BCUT2D eigenvalue weighted by molar-refractivity contribution is 4.86. The van der Waals surface area contributed by atoms with Crippen LogP contribution in [0.3, 0.4) is 0 Å². The summed E-state index contributed by atoms with van der Waals surface area (Å²) >= 11 is 0. The van der Waals surface area contributed by atoms with Crippen LogP contribution in [0.4, 0.5) is 0 Å². The van der Waals surface area contributed by atoms with Crippen molar-refractivity contribution in [1.82, 2.24) is 15.1 Å². The van der Waals surface area contributed by atoms with E-state index in [0.29, 0.717) is 6.04 Å². The fourth-order valence-electron chi connectivity index (χ4n) is 3.48. The Balaban J connectivity index is 1.81. The molecule has 2 rings (SSSR count). The Morgan fingerprint density at radius 1 is 1.33 bits per heavy atom. The maximum absolute atomic E-state index is 3.54. The molecular formula is C15H31N3. The number of rotatable bonds is 5. The fraction of sp³-hybridized carbons (Fsp3) is 1.00. The van der Waals surface area contributed by atoms with Crippen LogP contribution in [0.2, 0.25) is 0 Å². The molecule has 0 saturated carbocycles. The van der Waals surface area contributed by atoms with Crippen molar-refractivity contribution in [2.45, 2.75) is 52.1 Å². The maximum Gasteiger partial charge on any atom is 0.0235 e. The van der Waals surface area contributed by atoms with Crippen LogP contribution in [0, 0.1) is 5.92 Å². The van der Waals surface area contributed by atoms with Gasteiger partial charge in [-0.1, -0.05) is 6.92 Å². The van der Waals surface area contributed by atoms with Crippen LogP contribution < -0.4 is 5.32 Å². The molecule has 2 aliphatic heterocycles. The van der Waals surface area contributed by atoms with Gasteiger partial charge >= 0.3 is 0 Å². The fourth-order valence-corrected chi connectivity index (χ4v) is 3.48. The molecular weight excluding hydrogens is 222 g/mol. The van der Waals surface area contributed by atoms with Gasteiger partial charge in [-0.25, -0.2) is 0 Å². The Hall–Kier alpha value is -0.120. The lowest BCUT2D eigenvalue weighted by molar-refractivity contribution is 0.154. The zero-order valence-electron chi connectivity index (χ0n) is 12.5. The first-order valence-electron chi connectivity index (χ1n) is 7.89. The van der Waals surface area contributed by atoms with E-state index in [9.17, 15) is 0 Å². The van der Waals surface area contributed by atoms with Crippen LogP contribution >= 0.6 is 0 Å². The summed E-state index contributed by atoms with van der Waals surface area (Å²) in [5, 5.41) is 3.54. The molecule has 0 aromatic rings. The highest BCUT2D eigenvalue weighted by atomic mass is 15.3. The van der Waals surface area contributed by atoms with Gasteiger partial charge in [0.15, 0.2) is 0 Å². The third-order valence-electron chi connectivity index (χ3n) is 4.74. The molecule has 0 aromatic heterocycles. The molecule has 0 aromatic carbocycles. The summed E-state index contributed by atoms with van der Waals surface area (Å²) < 4.78 is 0. The highest BCUT2D eigenvalue weighted by Crippen LogP contribution is 2.20. The third-order valence-corrected chi connectivity index (χ3v) is 4.74. The van der Waals surface area contributed by atoms with Crippen molar-refractivity contribution in [2.75, 3.05) is 39.3 Å². The van der Waals surface area contributed by atoms with E-state index < -0.39 is 0 Å². The van der Waals surface area contributed by atoms with Gasteiger partial charge in [-0.2, -0.15) is 0 Å². The quantitative estimate of drug-likeness (QED) is 0.806. The van der Waals surface area contributed by atoms with E-state index in [1.165, 1.54) is 58.5 Å². The minimum Gasteiger partial charge on any atom is -0.316 e. The van der Waals surface area contributed by atoms with Crippen molar-refractivity contribution in [3.05, 3.63) is 0 Å². The number of hydrogen-bond donors (Lipinski definition) is 1. The topological polar surface area (TPSA) is 18.5 Å². The first-order valence-corrected chi connectivity index (χ1v) is 7.89. The predicted octanol–water partition coefficient (Wildman–Crippen LogP) is 1.79. The van der Waals surface area contributed by atoms with E-state index in [1.54, 1.807) is 0 Å². The SMILES string of the molecule is CCN(CC1CCCNC1)C1CCN(C(C)C)C1. The maximum atomic E-state index is 3.54. The molecule has 3 nitrogen and oxygen atoms in total. The number of nitrogens with one attached hydrogen (secondary N) is 1. The standard InChI is InChI=1S/C15H31N3/c1-4-17(11-14-6-5-8-16-10-14)15-7-9-18(12-15)13(2)3/h13-16H,4-12H2,1-3H3. The molecule has 3 heteroatoms. The Kier molecular flexibility index (Phi) is 5.46. The lowest BCUT2D eigenvalue weighted by atomic mass is 9.98. The summed E-state index contributed by atoms with van der Waals surface area (Å²) in [5.74, 6) is 0.881. The lowest BCUT2D eigenvalue weighted by Crippen LogP contribution is -2.44. The number of likely N-dealkylation sites (N-methyl/N-ethyl adjacent to an activating group) is 1. The molecule has 2 saturated heterocycles. The molecule has 0 bridgehead atoms. The van der Waals surface area contributed by atoms with E-state index in [0.717, 1.165) is 12.0 Å². The molecule has 0 spiro atoms. The second-order valence-corrected chi connectivity index (χ2v) is 6.33. The smallest absolute Gasteiger partial charge is 0.0235 e. The lowest BCUT2D eigenvalue weighted by Gasteiger charge is -2.33. The van der Waals surface area contributed by atoms with Crippen LogP contribution in [-0.2, 0) is 0 Å². The van der Waals surface area contributed by atoms with Gasteiger partial charge in [-0.15, -0.1) is 0 Å². The second-order valence-electron chi connectivity index (χ2n) is 6.33. The minimum absolute atomic E-state index is 0.713. The third kappa shape index (κ3) is 3.69. The Bertz CT molecular complexity index is 236. The zero-order valence-corrected chi connectivity index (χ0v) is 12.5. The molecule has 2 heterocycles. The summed E-state index contributed by atoms with van der Waals surface area (Å²) in [7, 11) is 0. The van der Waals surface area contributed by atoms with E-state index in [-0.39, 0.29) is 0 Å². The normalized spacial score (nSPS) is 30.5. The Morgan fingerprint density at radius 2 is 2.17 bits per heavy atom. The number of nitrogens with zero attached hydrogens (tertiary/aromatic N) is 2. The summed E-state index contributed by atoms with van der Waals surface area (Å²) in [6, 6.07) is 1.52. The first kappa shape index (κ1) is 14.3. The van der Waals surface area contributed by atoms with Gasteiger partial charge in [0.2, 0.25) is 0 Å². The average molecular weight is 253 g/mol. The number of likely N-dealkylation sites (tertiary alicyclic amines) is 1. The van der Waals surface area contributed by atoms with Crippen LogP contribution in [0.1, 0.15) is 40.0 Å². The zero-order chi connectivity index (χ0) is 13.0. The molecule has 18 heavy (non-hydrogen) atoms. The molecule has 2 aliphatic rings. The van der Waals surface area contributed by atoms with E-state index in [2.05, 4.69) is 35.9 Å². The largest absolute Gasteiger partial charge is 0.316 e. The molecule has 2 atom stereocenters. The minimum atomic E-state index is 0.713. The van der Waals surface area contributed by atoms with E-state index in [4.69, 9.17) is 0 Å². The Labute approximate surface area is 113 Å². The number of hydrogen-bond acceptors (Lipinski definition) is 3. The summed E-state index contributed by atoms with van der Waals surface area (Å²) in [4.78, 5) is 5.37. The van der Waals surface area contributed by atoms with E-state index >= 15 is 0 Å². The van der Waals surface area contributed by atoms with Crippen molar-refractivity contribution in [3.63, 3.8) is 0 Å². The Morgan fingerprint density at radius 3 is 2.72 bits per heavy atom. The summed E-state index contributed by atoms with van der Waals surface area (Å²) in [5.41, 5.74) is 0. The van der Waals surface area contributed by atoms with Crippen molar-refractivity contribution in [2.24, 2.45) is 5.92 Å². The average Bonchev–Trinajstić information content (AvgIpc) is 2.87. The molecule has 2 unspecified atom stereocenters. The molecule has 106 valence electrons. The molecule has 0 amide bonds. The molecule has 2 fully saturated rings.